The fourth-order valence-corrected chi connectivity index (χ4v) is 17.9. The van der Waals surface area contributed by atoms with Crippen molar-refractivity contribution in [3.8, 4) is 113 Å². The standard InChI is InChI=1S/C28H34N6O2.C23H26N6O.C22H24N6O.C22H23N5O/c1-35-26-17-28-29-18-25(24-7-4-8-27(31-24)30-22-5-2-3-6-22)34(28)20-23(26)21-9-10-33(19-21)12-11-32-13-15-36-16-14-32;1-14-23(15(2)28-27-14)17-13-29-19(12-24-22(29)11-20(17)30-3)18-9-6-10-21(26-18)25-16-7-4-5-8-16;1-27-13-15(11-24-27)17-14-28-19(12-23-22(28)10-20(17)29-2)18-8-5-9-21(26-18)25-16-6-3-4-7-16;1-28-20-11-22-24-13-19(27(22)14-17(20)15-9-10-23-12-15)18-7-4-8-21(26-18)25-16-5-2-3-6-16/h4,7-10,17-20,22H,2-3,5-6,11-16H2,1H3,(H,30,31);6,9-13,16H,4-5,7-8H2,1-3H3,(H,25,26)(H,27,28);5,8-14,16H,3-4,6-7H2,1-2H3,(H,25,26);4,7-14,16,23H,2-3,5-6H2,1H3,(H,25,26). The molecule has 28 nitrogen and oxygen atoms in total. The number of morpholine rings is 1. The van der Waals surface area contributed by atoms with Gasteiger partial charge in [0.05, 0.1) is 124 Å². The summed E-state index contributed by atoms with van der Waals surface area (Å²) in [5.74, 6) is 6.86. The predicted molar refractivity (Wildman–Crippen MR) is 483 cm³/mol. The molecule has 0 spiro atoms. The molecular weight excluding hydrogens is 1540 g/mol. The number of fused-ring (bicyclic) bond motifs is 4. The zero-order chi connectivity index (χ0) is 83.7. The minimum Gasteiger partial charge on any atom is -0.496 e. The van der Waals surface area contributed by atoms with E-state index in [0.717, 1.165) is 210 Å². The number of nitrogens with zero attached hydrogens (tertiary/aromatic N) is 17. The summed E-state index contributed by atoms with van der Waals surface area (Å²) in [4.78, 5) is 43.5. The monoisotopic (exact) mass is 1650 g/mol. The number of pyridine rings is 8. The maximum Gasteiger partial charge on any atom is 0.140 e. The number of rotatable bonds is 23. The van der Waals surface area contributed by atoms with Gasteiger partial charge in [0.25, 0.3) is 0 Å². The third-order valence-electron chi connectivity index (χ3n) is 24.4. The number of anilines is 4. The lowest BCUT2D eigenvalue weighted by Gasteiger charge is -2.26. The van der Waals surface area contributed by atoms with Gasteiger partial charge < -0.3 is 54.5 Å². The largest absolute Gasteiger partial charge is 0.496 e. The van der Waals surface area contributed by atoms with Crippen molar-refractivity contribution in [3.05, 3.63) is 207 Å². The molecule has 1 aliphatic heterocycles. The molecule has 16 aromatic heterocycles. The fraction of sp³-hybridized carbons (Fsp3) is 0.347. The van der Waals surface area contributed by atoms with Crippen molar-refractivity contribution in [2.45, 2.75) is 147 Å². The molecule has 5 aliphatic rings. The minimum atomic E-state index is 0.526. The van der Waals surface area contributed by atoms with E-state index >= 15 is 0 Å². The lowest BCUT2D eigenvalue weighted by Crippen LogP contribution is -2.38. The van der Waals surface area contributed by atoms with E-state index in [4.69, 9.17) is 43.6 Å². The number of aromatic nitrogens is 18. The summed E-state index contributed by atoms with van der Waals surface area (Å²) in [6.07, 6.45) is 48.0. The molecule has 4 aliphatic carbocycles. The number of methoxy groups -OCH3 is 4. The van der Waals surface area contributed by atoms with Crippen molar-refractivity contribution in [1.29, 1.82) is 0 Å². The van der Waals surface area contributed by atoms with E-state index in [2.05, 4.69) is 150 Å². The Labute approximate surface area is 714 Å². The summed E-state index contributed by atoms with van der Waals surface area (Å²) in [6.45, 7) is 9.67. The molecule has 0 radical (unpaired) electrons. The van der Waals surface area contributed by atoms with Gasteiger partial charge in [-0.25, -0.2) is 39.9 Å². The second-order valence-electron chi connectivity index (χ2n) is 32.5. The van der Waals surface area contributed by atoms with E-state index in [1.807, 2.05) is 156 Å². The molecular formula is C95H107N23O5. The first-order valence-corrected chi connectivity index (χ1v) is 43.2. The summed E-state index contributed by atoms with van der Waals surface area (Å²) in [5, 5.41) is 26.1. The first-order chi connectivity index (χ1) is 60.4. The maximum absolute atomic E-state index is 5.77. The Bertz CT molecular complexity index is 6260. The Balaban J connectivity index is 0.000000112. The summed E-state index contributed by atoms with van der Waals surface area (Å²) in [5.41, 5.74) is 20.9. The molecule has 17 heterocycles. The van der Waals surface area contributed by atoms with Crippen LogP contribution in [0, 0.1) is 13.8 Å². The van der Waals surface area contributed by atoms with Crippen molar-refractivity contribution in [2.75, 3.05) is 82.6 Å². The number of ether oxygens (including phenoxy) is 5. The summed E-state index contributed by atoms with van der Waals surface area (Å²) < 4.78 is 40.5. The van der Waals surface area contributed by atoms with Crippen molar-refractivity contribution in [3.63, 3.8) is 0 Å². The third kappa shape index (κ3) is 18.1. The van der Waals surface area contributed by atoms with Crippen LogP contribution in [0.2, 0.25) is 0 Å². The van der Waals surface area contributed by atoms with Gasteiger partial charge in [0.2, 0.25) is 0 Å². The molecule has 0 bridgehead atoms. The van der Waals surface area contributed by atoms with E-state index in [9.17, 15) is 0 Å². The highest BCUT2D eigenvalue weighted by atomic mass is 16.5. The molecule has 632 valence electrons. The fourth-order valence-electron chi connectivity index (χ4n) is 17.9. The molecule has 5 fully saturated rings. The van der Waals surface area contributed by atoms with Crippen molar-refractivity contribution >= 4 is 45.9 Å². The van der Waals surface area contributed by atoms with Crippen LogP contribution in [-0.2, 0) is 18.3 Å². The number of hydrogen-bond donors (Lipinski definition) is 6. The highest BCUT2D eigenvalue weighted by Gasteiger charge is 2.25. The van der Waals surface area contributed by atoms with Gasteiger partial charge in [-0.05, 0) is 126 Å². The van der Waals surface area contributed by atoms with Crippen LogP contribution in [0.15, 0.2) is 196 Å². The molecule has 0 unspecified atom stereocenters. The van der Waals surface area contributed by atoms with Gasteiger partial charge >= 0.3 is 0 Å². The van der Waals surface area contributed by atoms with E-state index in [1.54, 1.807) is 33.1 Å². The minimum absolute atomic E-state index is 0.526. The summed E-state index contributed by atoms with van der Waals surface area (Å²) in [7, 11) is 8.67. The number of nitrogens with one attached hydrogen (secondary N) is 6. The van der Waals surface area contributed by atoms with E-state index in [0.29, 0.717) is 24.2 Å². The molecule has 1 saturated heterocycles. The highest BCUT2D eigenvalue weighted by Crippen LogP contribution is 2.40. The van der Waals surface area contributed by atoms with E-state index in [1.165, 1.54) is 103 Å². The summed E-state index contributed by atoms with van der Waals surface area (Å²) >= 11 is 0. The highest BCUT2D eigenvalue weighted by molar-refractivity contribution is 5.80. The van der Waals surface area contributed by atoms with Gasteiger partial charge in [-0.1, -0.05) is 75.6 Å². The van der Waals surface area contributed by atoms with Gasteiger partial charge in [0, 0.05) is 188 Å². The molecule has 21 rings (SSSR count). The zero-order valence-corrected chi connectivity index (χ0v) is 71.0. The van der Waals surface area contributed by atoms with Gasteiger partial charge in [0.15, 0.2) is 0 Å². The Kier molecular flexibility index (Phi) is 24.2. The number of aromatic amines is 2. The molecule has 4 saturated carbocycles. The second kappa shape index (κ2) is 36.9. The van der Waals surface area contributed by atoms with Crippen molar-refractivity contribution in [1.82, 2.24) is 91.9 Å². The Morgan fingerprint density at radius 2 is 0.805 bits per heavy atom. The van der Waals surface area contributed by atoms with Crippen LogP contribution in [0.5, 0.6) is 23.0 Å². The Hall–Kier alpha value is -13.3. The Morgan fingerprint density at radius 3 is 1.16 bits per heavy atom. The Morgan fingerprint density at radius 1 is 0.423 bits per heavy atom. The molecule has 0 amide bonds. The maximum atomic E-state index is 5.77. The lowest BCUT2D eigenvalue weighted by molar-refractivity contribution is 0.0364. The third-order valence-corrected chi connectivity index (χ3v) is 24.4. The van der Waals surface area contributed by atoms with E-state index in [-0.39, 0.29) is 0 Å². The quantitative estimate of drug-likeness (QED) is 0.0347. The molecule has 16 aromatic rings. The van der Waals surface area contributed by atoms with Gasteiger partial charge in [0.1, 0.15) is 68.9 Å². The van der Waals surface area contributed by atoms with Crippen LogP contribution < -0.4 is 40.2 Å². The van der Waals surface area contributed by atoms with Gasteiger partial charge in [-0.3, -0.25) is 32.3 Å². The van der Waals surface area contributed by atoms with Crippen molar-refractivity contribution in [2.24, 2.45) is 7.05 Å². The smallest absolute Gasteiger partial charge is 0.140 e. The normalized spacial score (nSPS) is 15.3. The topological polar surface area (TPSA) is 285 Å². The average Bonchev–Trinajstić information content (AvgIpc) is 1.66. The van der Waals surface area contributed by atoms with Crippen LogP contribution in [0.3, 0.4) is 0 Å². The van der Waals surface area contributed by atoms with Crippen LogP contribution in [0.1, 0.15) is 114 Å². The second-order valence-corrected chi connectivity index (χ2v) is 32.5. The number of H-pyrrole nitrogens is 2. The van der Waals surface area contributed by atoms with Crippen LogP contribution in [-0.4, -0.2) is 177 Å². The number of hydrogen-bond acceptors (Lipinski definition) is 20. The first-order valence-electron chi connectivity index (χ1n) is 43.2. The zero-order valence-electron chi connectivity index (χ0n) is 71.0. The van der Waals surface area contributed by atoms with Crippen LogP contribution in [0.4, 0.5) is 23.3 Å². The van der Waals surface area contributed by atoms with Gasteiger partial charge in [-0.2, -0.15) is 10.2 Å². The predicted octanol–water partition coefficient (Wildman–Crippen LogP) is 18.2. The van der Waals surface area contributed by atoms with Crippen LogP contribution in [0.25, 0.3) is 113 Å². The summed E-state index contributed by atoms with van der Waals surface area (Å²) in [6, 6.07) is 38.7. The number of aryl methyl sites for hydroxylation is 3. The molecule has 0 atom stereocenters. The molecule has 0 aromatic carbocycles. The molecule has 6 N–H and O–H groups in total. The number of imidazole rings is 4. The lowest BCUT2D eigenvalue weighted by atomic mass is 10.0. The van der Waals surface area contributed by atoms with Crippen LogP contribution >= 0.6 is 0 Å². The molecule has 28 heteroatoms. The van der Waals surface area contributed by atoms with Gasteiger partial charge in [-0.15, -0.1) is 0 Å². The van der Waals surface area contributed by atoms with Crippen molar-refractivity contribution < 1.29 is 23.7 Å². The average molecular weight is 1650 g/mol. The first kappa shape index (κ1) is 80.7. The van der Waals surface area contributed by atoms with E-state index < -0.39 is 0 Å². The SMILES string of the molecule is COc1cc2ncc(-c3cccc(NC4CCCC4)n3)n2cc1-c1c(C)n[nH]c1C.COc1cc2ncc(-c3cccc(NC4CCCC4)n3)n2cc1-c1cc[nH]c1.COc1cc2ncc(-c3cccc(NC4CCCC4)n3)n2cc1-c1ccn(CCN2CCOCC2)c1.COc1cc2ncc(-c3cccc(NC4CCCC4)n3)n2cc1-c1cnn(C)c1. The molecule has 123 heavy (non-hydrogen) atoms.